The highest BCUT2D eigenvalue weighted by Crippen LogP contribution is 2.34. The molecule has 0 bridgehead atoms. The maximum atomic E-state index is 10.7. The first-order valence-corrected chi connectivity index (χ1v) is 7.31. The van der Waals surface area contributed by atoms with E-state index < -0.39 is 6.10 Å². The van der Waals surface area contributed by atoms with Gasteiger partial charge in [-0.05, 0) is 30.5 Å². The lowest BCUT2D eigenvalue weighted by molar-refractivity contribution is 0.149. The van der Waals surface area contributed by atoms with Crippen LogP contribution in [0.2, 0.25) is 0 Å². The second kappa shape index (κ2) is 4.93. The molecule has 2 atom stereocenters. The highest BCUT2D eigenvalue weighted by atomic mass is 16.3. The smallest absolute Gasteiger partial charge is 0.134 e. The Morgan fingerprint density at radius 2 is 1.90 bits per heavy atom. The van der Waals surface area contributed by atoms with Crippen LogP contribution in [-0.4, -0.2) is 11.1 Å². The number of fused-ring (bicyclic) bond motifs is 2. The number of aliphatic hydroxyl groups is 1. The van der Waals surface area contributed by atoms with Crippen molar-refractivity contribution in [3.63, 3.8) is 0 Å². The molecule has 21 heavy (non-hydrogen) atoms. The summed E-state index contributed by atoms with van der Waals surface area (Å²) in [6, 6.07) is 16.1. The number of nitrogens with one attached hydrogen (secondary N) is 1. The molecule has 2 aromatic carbocycles. The van der Waals surface area contributed by atoms with Gasteiger partial charge in [0, 0.05) is 16.6 Å². The van der Waals surface area contributed by atoms with Gasteiger partial charge in [0.2, 0.25) is 0 Å². The van der Waals surface area contributed by atoms with Crippen LogP contribution < -0.4 is 5.32 Å². The zero-order valence-electron chi connectivity index (χ0n) is 11.6. The van der Waals surface area contributed by atoms with Crippen molar-refractivity contribution in [1.29, 1.82) is 0 Å². The predicted molar refractivity (Wildman–Crippen MR) is 83.3 cm³/mol. The van der Waals surface area contributed by atoms with Gasteiger partial charge in [0.1, 0.15) is 11.7 Å². The normalized spacial score (nSPS) is 19.0. The van der Waals surface area contributed by atoms with Crippen molar-refractivity contribution in [2.45, 2.75) is 25.0 Å². The zero-order chi connectivity index (χ0) is 14.2. The van der Waals surface area contributed by atoms with Crippen molar-refractivity contribution in [3.05, 3.63) is 65.9 Å². The van der Waals surface area contributed by atoms with E-state index in [-0.39, 0.29) is 6.04 Å². The summed E-state index contributed by atoms with van der Waals surface area (Å²) in [5, 5.41) is 15.2. The lowest BCUT2D eigenvalue weighted by Gasteiger charge is -2.30. The molecule has 0 aliphatic carbocycles. The molecule has 1 aromatic heterocycles. The van der Waals surface area contributed by atoms with Crippen LogP contribution in [0.15, 0.2) is 59.2 Å². The SMILES string of the molecule is OC(c1coc2ccccc12)C1CCc2ccccc2N1. The fourth-order valence-corrected chi connectivity index (χ4v) is 3.14. The summed E-state index contributed by atoms with van der Waals surface area (Å²) in [5.74, 6) is 0. The van der Waals surface area contributed by atoms with E-state index in [9.17, 15) is 5.11 Å². The summed E-state index contributed by atoms with van der Waals surface area (Å²) in [4.78, 5) is 0. The Bertz CT molecular complexity index is 777. The third-order valence-electron chi connectivity index (χ3n) is 4.29. The molecule has 3 heteroatoms. The van der Waals surface area contributed by atoms with E-state index in [1.807, 2.05) is 30.3 Å². The van der Waals surface area contributed by atoms with Crippen molar-refractivity contribution in [2.24, 2.45) is 0 Å². The number of anilines is 1. The number of para-hydroxylation sites is 2. The Morgan fingerprint density at radius 3 is 2.86 bits per heavy atom. The molecule has 3 nitrogen and oxygen atoms in total. The van der Waals surface area contributed by atoms with E-state index in [0.717, 1.165) is 35.1 Å². The van der Waals surface area contributed by atoms with Crippen molar-refractivity contribution >= 4 is 16.7 Å². The van der Waals surface area contributed by atoms with Gasteiger partial charge < -0.3 is 14.8 Å². The maximum Gasteiger partial charge on any atom is 0.134 e. The molecular weight excluding hydrogens is 262 g/mol. The second-order valence-electron chi connectivity index (χ2n) is 5.58. The molecule has 0 saturated heterocycles. The lowest BCUT2D eigenvalue weighted by Crippen LogP contribution is -2.31. The summed E-state index contributed by atoms with van der Waals surface area (Å²) in [5.41, 5.74) is 4.13. The number of aryl methyl sites for hydroxylation is 1. The molecule has 1 aliphatic heterocycles. The highest BCUT2D eigenvalue weighted by molar-refractivity contribution is 5.81. The molecular formula is C18H17NO2. The molecule has 1 aliphatic rings. The molecule has 106 valence electrons. The molecule has 0 amide bonds. The van der Waals surface area contributed by atoms with Crippen LogP contribution in [0.4, 0.5) is 5.69 Å². The second-order valence-corrected chi connectivity index (χ2v) is 5.58. The van der Waals surface area contributed by atoms with Crippen molar-refractivity contribution < 1.29 is 9.52 Å². The highest BCUT2D eigenvalue weighted by Gasteiger charge is 2.27. The number of hydrogen-bond donors (Lipinski definition) is 2. The number of aliphatic hydroxyl groups excluding tert-OH is 1. The van der Waals surface area contributed by atoms with Crippen molar-refractivity contribution in [3.8, 4) is 0 Å². The Hall–Kier alpha value is -2.26. The maximum absolute atomic E-state index is 10.7. The van der Waals surface area contributed by atoms with Crippen LogP contribution in [0.25, 0.3) is 11.0 Å². The van der Waals surface area contributed by atoms with Gasteiger partial charge in [-0.15, -0.1) is 0 Å². The third-order valence-corrected chi connectivity index (χ3v) is 4.29. The molecule has 4 rings (SSSR count). The summed E-state index contributed by atoms with van der Waals surface area (Å²) < 4.78 is 5.54. The van der Waals surface area contributed by atoms with Gasteiger partial charge in [0.25, 0.3) is 0 Å². The first kappa shape index (κ1) is 12.5. The summed E-state index contributed by atoms with van der Waals surface area (Å²) in [6.07, 6.45) is 3.01. The Kier molecular flexibility index (Phi) is 2.93. The number of furan rings is 1. The molecule has 0 spiro atoms. The standard InChI is InChI=1S/C18H17NO2/c20-18(14-11-21-17-8-4-2-6-13(14)17)16-10-9-12-5-1-3-7-15(12)19-16/h1-8,11,16,18-20H,9-10H2. The van der Waals surface area contributed by atoms with E-state index in [1.165, 1.54) is 5.56 Å². The largest absolute Gasteiger partial charge is 0.464 e. The van der Waals surface area contributed by atoms with Gasteiger partial charge in [0.15, 0.2) is 0 Å². The van der Waals surface area contributed by atoms with Gasteiger partial charge in [-0.1, -0.05) is 36.4 Å². The van der Waals surface area contributed by atoms with Crippen LogP contribution in [0.3, 0.4) is 0 Å². The summed E-state index contributed by atoms with van der Waals surface area (Å²) >= 11 is 0. The topological polar surface area (TPSA) is 45.4 Å². The fourth-order valence-electron chi connectivity index (χ4n) is 3.14. The van der Waals surface area contributed by atoms with Crippen molar-refractivity contribution in [2.75, 3.05) is 5.32 Å². The van der Waals surface area contributed by atoms with Gasteiger partial charge in [-0.25, -0.2) is 0 Å². The minimum Gasteiger partial charge on any atom is -0.464 e. The van der Waals surface area contributed by atoms with Crippen LogP contribution >= 0.6 is 0 Å². The quantitative estimate of drug-likeness (QED) is 0.748. The van der Waals surface area contributed by atoms with Crippen LogP contribution in [0, 0.1) is 0 Å². The minimum absolute atomic E-state index is 0.0147. The van der Waals surface area contributed by atoms with Crippen LogP contribution in [0.5, 0.6) is 0 Å². The van der Waals surface area contributed by atoms with E-state index in [2.05, 4.69) is 23.5 Å². The van der Waals surface area contributed by atoms with Gasteiger partial charge in [0.05, 0.1) is 12.3 Å². The van der Waals surface area contributed by atoms with E-state index in [0.29, 0.717) is 0 Å². The molecule has 2 N–H and O–H groups in total. The Balaban J connectivity index is 1.65. The average molecular weight is 279 g/mol. The molecule has 0 fully saturated rings. The summed E-state index contributed by atoms with van der Waals surface area (Å²) in [6.45, 7) is 0. The number of rotatable bonds is 2. The molecule has 2 heterocycles. The zero-order valence-corrected chi connectivity index (χ0v) is 11.6. The first-order chi connectivity index (χ1) is 10.3. The molecule has 3 aromatic rings. The molecule has 2 unspecified atom stereocenters. The van der Waals surface area contributed by atoms with Crippen molar-refractivity contribution in [1.82, 2.24) is 0 Å². The van der Waals surface area contributed by atoms with E-state index in [4.69, 9.17) is 4.42 Å². The van der Waals surface area contributed by atoms with Gasteiger partial charge in [-0.2, -0.15) is 0 Å². The monoisotopic (exact) mass is 279 g/mol. The van der Waals surface area contributed by atoms with E-state index in [1.54, 1.807) is 6.26 Å². The van der Waals surface area contributed by atoms with E-state index >= 15 is 0 Å². The fraction of sp³-hybridized carbons (Fsp3) is 0.222. The Labute approximate surface area is 123 Å². The first-order valence-electron chi connectivity index (χ1n) is 7.31. The third kappa shape index (κ3) is 2.10. The lowest BCUT2D eigenvalue weighted by atomic mass is 9.91. The predicted octanol–water partition coefficient (Wildman–Crippen LogP) is 3.89. The summed E-state index contributed by atoms with van der Waals surface area (Å²) in [7, 11) is 0. The number of hydrogen-bond acceptors (Lipinski definition) is 3. The van der Waals surface area contributed by atoms with Crippen LogP contribution in [-0.2, 0) is 6.42 Å². The minimum atomic E-state index is -0.568. The average Bonchev–Trinajstić information content (AvgIpc) is 2.98. The van der Waals surface area contributed by atoms with Gasteiger partial charge >= 0.3 is 0 Å². The molecule has 0 radical (unpaired) electrons. The Morgan fingerprint density at radius 1 is 1.10 bits per heavy atom. The molecule has 0 saturated carbocycles. The van der Waals surface area contributed by atoms with Crippen LogP contribution in [0.1, 0.15) is 23.7 Å². The number of benzene rings is 2. The van der Waals surface area contributed by atoms with Gasteiger partial charge in [-0.3, -0.25) is 0 Å².